The average Bonchev–Trinajstić information content (AvgIpc) is 2.32. The van der Waals surface area contributed by atoms with Crippen LogP contribution in [0.4, 0.5) is 0 Å². The first kappa shape index (κ1) is 13.6. The van der Waals surface area contributed by atoms with Crippen molar-refractivity contribution in [3.05, 3.63) is 29.8 Å². The van der Waals surface area contributed by atoms with Crippen LogP contribution in [0.3, 0.4) is 0 Å². The topological polar surface area (TPSA) is 33.0 Å². The third-order valence-corrected chi connectivity index (χ3v) is 2.82. The minimum absolute atomic E-state index is 0.0900. The second kappa shape index (κ2) is 6.96. The van der Waals surface area contributed by atoms with E-state index in [1.807, 2.05) is 24.3 Å². The monoisotopic (exact) mass is 231 g/mol. The van der Waals surface area contributed by atoms with Crippen molar-refractivity contribution in [2.24, 2.45) is 5.92 Å². The molecule has 0 saturated carbocycles. The number of rotatable bonds is 6. The normalized spacial score (nSPS) is 12.2. The van der Waals surface area contributed by atoms with Gasteiger partial charge in [0.15, 0.2) is 0 Å². The van der Waals surface area contributed by atoms with Crippen LogP contribution in [-0.2, 0) is 0 Å². The van der Waals surface area contributed by atoms with Gasteiger partial charge >= 0.3 is 0 Å². The molecule has 0 aliphatic carbocycles. The Morgan fingerprint density at radius 3 is 2.59 bits per heavy atom. The van der Waals surface area contributed by atoms with E-state index in [1.165, 1.54) is 0 Å². The summed E-state index contributed by atoms with van der Waals surface area (Å²) >= 11 is 0. The molecule has 17 heavy (non-hydrogen) atoms. The standard InChI is InChI=1S/C15H21NO/c1-4-5-10-17-15-9-7-6-8-13(15)14(11-16)12(2)3/h6-9,12,14H,4-5,10H2,1-3H3. The van der Waals surface area contributed by atoms with E-state index in [2.05, 4.69) is 26.8 Å². The van der Waals surface area contributed by atoms with Crippen molar-refractivity contribution in [2.75, 3.05) is 6.61 Å². The maximum absolute atomic E-state index is 9.24. The maximum Gasteiger partial charge on any atom is 0.123 e. The molecule has 1 unspecified atom stereocenters. The lowest BCUT2D eigenvalue weighted by molar-refractivity contribution is 0.304. The Bertz CT molecular complexity index is 379. The van der Waals surface area contributed by atoms with Crippen molar-refractivity contribution in [2.45, 2.75) is 39.5 Å². The highest BCUT2D eigenvalue weighted by Gasteiger charge is 2.18. The largest absolute Gasteiger partial charge is 0.493 e. The van der Waals surface area contributed by atoms with Gasteiger partial charge in [-0.1, -0.05) is 45.4 Å². The van der Waals surface area contributed by atoms with Crippen LogP contribution < -0.4 is 4.74 Å². The first-order valence-corrected chi connectivity index (χ1v) is 6.32. The van der Waals surface area contributed by atoms with Crippen LogP contribution in [0.5, 0.6) is 5.75 Å². The third-order valence-electron chi connectivity index (χ3n) is 2.82. The number of benzene rings is 1. The van der Waals surface area contributed by atoms with Gasteiger partial charge in [-0.15, -0.1) is 0 Å². The molecular weight excluding hydrogens is 210 g/mol. The predicted molar refractivity (Wildman–Crippen MR) is 70.0 cm³/mol. The molecule has 0 spiro atoms. The summed E-state index contributed by atoms with van der Waals surface area (Å²) in [4.78, 5) is 0. The van der Waals surface area contributed by atoms with E-state index in [0.29, 0.717) is 5.92 Å². The summed E-state index contributed by atoms with van der Waals surface area (Å²) in [5, 5.41) is 9.24. The Morgan fingerprint density at radius 2 is 2.00 bits per heavy atom. The number of hydrogen-bond acceptors (Lipinski definition) is 2. The lowest BCUT2D eigenvalue weighted by atomic mass is 9.89. The smallest absolute Gasteiger partial charge is 0.123 e. The third kappa shape index (κ3) is 3.78. The van der Waals surface area contributed by atoms with Crippen LogP contribution in [0.15, 0.2) is 24.3 Å². The Morgan fingerprint density at radius 1 is 1.29 bits per heavy atom. The van der Waals surface area contributed by atoms with Crippen LogP contribution in [0.2, 0.25) is 0 Å². The van der Waals surface area contributed by atoms with Gasteiger partial charge < -0.3 is 4.74 Å². The lowest BCUT2D eigenvalue weighted by Gasteiger charge is -2.17. The summed E-state index contributed by atoms with van der Waals surface area (Å²) in [6.45, 7) is 7.00. The van der Waals surface area contributed by atoms with Crippen LogP contribution in [0, 0.1) is 17.2 Å². The second-order valence-electron chi connectivity index (χ2n) is 4.59. The molecule has 2 heteroatoms. The highest BCUT2D eigenvalue weighted by Crippen LogP contribution is 2.31. The Labute approximate surface area is 104 Å². The van der Waals surface area contributed by atoms with Gasteiger partial charge in [0.1, 0.15) is 5.75 Å². The van der Waals surface area contributed by atoms with E-state index >= 15 is 0 Å². The van der Waals surface area contributed by atoms with Crippen LogP contribution in [-0.4, -0.2) is 6.61 Å². The molecular formula is C15H21NO. The number of hydrogen-bond donors (Lipinski definition) is 0. The fraction of sp³-hybridized carbons (Fsp3) is 0.533. The Hall–Kier alpha value is -1.49. The number of nitrogens with zero attached hydrogens (tertiary/aromatic N) is 1. The quantitative estimate of drug-likeness (QED) is 0.690. The molecule has 0 amide bonds. The zero-order valence-electron chi connectivity index (χ0n) is 10.9. The van der Waals surface area contributed by atoms with Gasteiger partial charge in [-0.25, -0.2) is 0 Å². The number of para-hydroxylation sites is 1. The minimum Gasteiger partial charge on any atom is -0.493 e. The van der Waals surface area contributed by atoms with E-state index in [9.17, 15) is 5.26 Å². The molecule has 1 atom stereocenters. The Kier molecular flexibility index (Phi) is 5.56. The van der Waals surface area contributed by atoms with Gasteiger partial charge in [-0.05, 0) is 18.4 Å². The van der Waals surface area contributed by atoms with Crippen molar-refractivity contribution >= 4 is 0 Å². The van der Waals surface area contributed by atoms with E-state index in [4.69, 9.17) is 4.74 Å². The molecule has 1 aromatic carbocycles. The number of nitriles is 1. The summed E-state index contributed by atoms with van der Waals surface area (Å²) < 4.78 is 5.76. The summed E-state index contributed by atoms with van der Waals surface area (Å²) in [7, 11) is 0. The zero-order valence-corrected chi connectivity index (χ0v) is 10.9. The maximum atomic E-state index is 9.24. The molecule has 1 aromatic rings. The van der Waals surface area contributed by atoms with Gasteiger partial charge in [0.2, 0.25) is 0 Å². The SMILES string of the molecule is CCCCOc1ccccc1C(C#N)C(C)C. The van der Waals surface area contributed by atoms with Gasteiger partial charge in [0.05, 0.1) is 18.6 Å². The molecule has 1 rings (SSSR count). The van der Waals surface area contributed by atoms with Gasteiger partial charge in [-0.3, -0.25) is 0 Å². The van der Waals surface area contributed by atoms with Crippen molar-refractivity contribution in [3.8, 4) is 11.8 Å². The highest BCUT2D eigenvalue weighted by molar-refractivity contribution is 5.39. The summed E-state index contributed by atoms with van der Waals surface area (Å²) in [5.74, 6) is 1.07. The van der Waals surface area contributed by atoms with Crippen LogP contribution in [0.25, 0.3) is 0 Å². The molecule has 0 N–H and O–H groups in total. The molecule has 0 aromatic heterocycles. The molecule has 0 bridgehead atoms. The summed E-state index contributed by atoms with van der Waals surface area (Å²) in [6, 6.07) is 10.2. The first-order valence-electron chi connectivity index (χ1n) is 6.32. The fourth-order valence-corrected chi connectivity index (χ4v) is 1.77. The molecule has 0 aliphatic heterocycles. The van der Waals surface area contributed by atoms with Gasteiger partial charge in [0.25, 0.3) is 0 Å². The molecule has 2 nitrogen and oxygen atoms in total. The van der Waals surface area contributed by atoms with E-state index < -0.39 is 0 Å². The summed E-state index contributed by atoms with van der Waals surface area (Å²) in [5.41, 5.74) is 1.01. The van der Waals surface area contributed by atoms with E-state index in [-0.39, 0.29) is 5.92 Å². The van der Waals surface area contributed by atoms with Gasteiger partial charge in [-0.2, -0.15) is 5.26 Å². The Balaban J connectivity index is 2.87. The zero-order chi connectivity index (χ0) is 12.7. The number of unbranched alkanes of at least 4 members (excludes halogenated alkanes) is 1. The second-order valence-corrected chi connectivity index (χ2v) is 4.59. The molecule has 92 valence electrons. The van der Waals surface area contributed by atoms with E-state index in [0.717, 1.165) is 30.8 Å². The van der Waals surface area contributed by atoms with Crippen LogP contribution in [0.1, 0.15) is 45.1 Å². The molecule has 0 heterocycles. The molecule has 0 saturated heterocycles. The van der Waals surface area contributed by atoms with Gasteiger partial charge in [0, 0.05) is 5.56 Å². The van der Waals surface area contributed by atoms with Crippen molar-refractivity contribution < 1.29 is 4.74 Å². The lowest BCUT2D eigenvalue weighted by Crippen LogP contribution is -2.07. The molecule has 0 radical (unpaired) electrons. The van der Waals surface area contributed by atoms with E-state index in [1.54, 1.807) is 0 Å². The summed E-state index contributed by atoms with van der Waals surface area (Å²) in [6.07, 6.45) is 2.17. The van der Waals surface area contributed by atoms with Crippen molar-refractivity contribution in [1.82, 2.24) is 0 Å². The minimum atomic E-state index is -0.0900. The average molecular weight is 231 g/mol. The van der Waals surface area contributed by atoms with Crippen LogP contribution >= 0.6 is 0 Å². The van der Waals surface area contributed by atoms with Crippen molar-refractivity contribution in [3.63, 3.8) is 0 Å². The fourth-order valence-electron chi connectivity index (χ4n) is 1.77. The number of ether oxygens (including phenoxy) is 1. The molecule has 0 fully saturated rings. The predicted octanol–water partition coefficient (Wildman–Crippen LogP) is 4.13. The molecule has 0 aliphatic rings. The first-order chi connectivity index (χ1) is 8.20. The van der Waals surface area contributed by atoms with Crippen molar-refractivity contribution in [1.29, 1.82) is 5.26 Å². The highest BCUT2D eigenvalue weighted by atomic mass is 16.5.